The van der Waals surface area contributed by atoms with Crippen LogP contribution in [0.3, 0.4) is 0 Å². The second-order valence-corrected chi connectivity index (χ2v) is 4.44. The maximum absolute atomic E-state index is 10.7. The van der Waals surface area contributed by atoms with Crippen LogP contribution in [-0.2, 0) is 13.5 Å². The normalized spacial score (nSPS) is 22.3. The molecule has 1 heterocycles. The fourth-order valence-corrected chi connectivity index (χ4v) is 2.01. The molecule has 0 aromatic carbocycles. The molecule has 1 atom stereocenters. The molecule has 1 unspecified atom stereocenters. The Bertz CT molecular complexity index is 519. The highest BCUT2D eigenvalue weighted by atomic mass is 16.6. The summed E-state index contributed by atoms with van der Waals surface area (Å²) in [4.78, 5) is 14.2. The smallest absolute Gasteiger partial charge is 0.342 e. The van der Waals surface area contributed by atoms with E-state index >= 15 is 0 Å². The summed E-state index contributed by atoms with van der Waals surface area (Å²) in [7, 11) is 1.61. The van der Waals surface area contributed by atoms with Gasteiger partial charge in [0.15, 0.2) is 5.82 Å². The predicted octanol–water partition coefficient (Wildman–Crippen LogP) is 1.51. The number of aryl methyl sites for hydroxylation is 1. The lowest BCUT2D eigenvalue weighted by Crippen LogP contribution is -2.27. The number of nitro groups is 1. The van der Waals surface area contributed by atoms with E-state index in [1.54, 1.807) is 13.1 Å². The zero-order valence-corrected chi connectivity index (χ0v) is 10.1. The van der Waals surface area contributed by atoms with E-state index in [-0.39, 0.29) is 5.82 Å². The summed E-state index contributed by atoms with van der Waals surface area (Å²) in [5.41, 5.74) is -0.866. The van der Waals surface area contributed by atoms with Crippen LogP contribution in [0.1, 0.15) is 18.7 Å². The molecule has 1 aliphatic rings. The quantitative estimate of drug-likeness (QED) is 0.647. The Morgan fingerprint density at radius 3 is 2.94 bits per heavy atom. The molecule has 0 saturated carbocycles. The minimum atomic E-state index is -0.866. The summed E-state index contributed by atoms with van der Waals surface area (Å²) in [6.45, 7) is 0. The maximum Gasteiger partial charge on any atom is 0.342 e. The molecule has 0 amide bonds. The first-order valence-electron chi connectivity index (χ1n) is 5.73. The predicted molar refractivity (Wildman–Crippen MR) is 66.0 cm³/mol. The molecule has 1 aromatic heterocycles. The van der Waals surface area contributed by atoms with Gasteiger partial charge in [0.25, 0.3) is 0 Å². The van der Waals surface area contributed by atoms with Crippen LogP contribution in [0.25, 0.3) is 0 Å². The number of aromatic nitrogens is 2. The highest BCUT2D eigenvalue weighted by molar-refractivity contribution is 5.21. The van der Waals surface area contributed by atoms with Gasteiger partial charge >= 0.3 is 5.82 Å². The summed E-state index contributed by atoms with van der Waals surface area (Å²) in [5, 5.41) is 20.9. The summed E-state index contributed by atoms with van der Waals surface area (Å²) >= 11 is 0. The van der Waals surface area contributed by atoms with Gasteiger partial charge in [0, 0.05) is 6.42 Å². The molecule has 1 aliphatic carbocycles. The van der Waals surface area contributed by atoms with E-state index in [1.807, 2.05) is 18.2 Å². The van der Waals surface area contributed by atoms with Crippen molar-refractivity contribution in [2.24, 2.45) is 7.05 Å². The zero-order chi connectivity index (χ0) is 13.2. The lowest BCUT2D eigenvalue weighted by Gasteiger charge is -2.24. The average molecular weight is 249 g/mol. The molecule has 0 spiro atoms. The van der Waals surface area contributed by atoms with Gasteiger partial charge in [0.1, 0.15) is 6.20 Å². The largest absolute Gasteiger partial charge is 0.385 e. The molecule has 6 heteroatoms. The van der Waals surface area contributed by atoms with E-state index in [0.29, 0.717) is 25.1 Å². The van der Waals surface area contributed by atoms with Crippen LogP contribution in [-0.4, -0.2) is 25.2 Å². The second-order valence-electron chi connectivity index (χ2n) is 4.44. The minimum Gasteiger partial charge on any atom is -0.385 e. The van der Waals surface area contributed by atoms with E-state index < -0.39 is 10.5 Å². The summed E-state index contributed by atoms with van der Waals surface area (Å²) in [5.74, 6) is 0.578. The van der Waals surface area contributed by atoms with Gasteiger partial charge in [-0.05, 0) is 17.8 Å². The van der Waals surface area contributed by atoms with Crippen molar-refractivity contribution in [2.45, 2.75) is 24.9 Å². The third-order valence-corrected chi connectivity index (χ3v) is 3.15. The maximum atomic E-state index is 10.7. The number of allylic oxidation sites excluding steroid dienone is 2. The topological polar surface area (TPSA) is 81.2 Å². The summed E-state index contributed by atoms with van der Waals surface area (Å²) in [6, 6.07) is 0. The highest BCUT2D eigenvalue weighted by Gasteiger charge is 2.25. The molecule has 0 radical (unpaired) electrons. The minimum absolute atomic E-state index is 0.0314. The standard InChI is InChI=1S/C12H15N3O3/c1-14-10(13-9-11(14)15(17)18)5-8-12(16)6-3-2-4-7-12/h2-4,6,9,16H,5,7-8H2,1H3. The second kappa shape index (κ2) is 4.73. The Balaban J connectivity index is 2.05. The fraction of sp³-hybridized carbons (Fsp3) is 0.417. The van der Waals surface area contributed by atoms with Crippen molar-refractivity contribution in [3.05, 3.63) is 46.4 Å². The molecule has 96 valence electrons. The van der Waals surface area contributed by atoms with Crippen LogP contribution in [0.2, 0.25) is 0 Å². The van der Waals surface area contributed by atoms with Crippen molar-refractivity contribution in [3.8, 4) is 0 Å². The first-order chi connectivity index (χ1) is 8.52. The third-order valence-electron chi connectivity index (χ3n) is 3.15. The molecule has 1 aromatic rings. The number of hydrogen-bond acceptors (Lipinski definition) is 4. The van der Waals surface area contributed by atoms with Crippen LogP contribution in [0, 0.1) is 10.1 Å². The fourth-order valence-electron chi connectivity index (χ4n) is 2.01. The molecule has 0 fully saturated rings. The average Bonchev–Trinajstić information content (AvgIpc) is 2.69. The summed E-state index contributed by atoms with van der Waals surface area (Å²) in [6.07, 6.45) is 10.2. The van der Waals surface area contributed by atoms with Gasteiger partial charge in [0.05, 0.1) is 12.6 Å². The van der Waals surface area contributed by atoms with Gasteiger partial charge in [-0.1, -0.05) is 24.3 Å². The first kappa shape index (κ1) is 12.5. The van der Waals surface area contributed by atoms with Crippen LogP contribution >= 0.6 is 0 Å². The van der Waals surface area contributed by atoms with E-state index in [1.165, 1.54) is 10.8 Å². The Morgan fingerprint density at radius 1 is 1.61 bits per heavy atom. The van der Waals surface area contributed by atoms with E-state index in [4.69, 9.17) is 0 Å². The number of aliphatic hydroxyl groups is 1. The number of hydrogen-bond donors (Lipinski definition) is 1. The molecule has 1 N–H and O–H groups in total. The van der Waals surface area contributed by atoms with Crippen molar-refractivity contribution >= 4 is 5.82 Å². The zero-order valence-electron chi connectivity index (χ0n) is 10.1. The van der Waals surface area contributed by atoms with Gasteiger partial charge in [-0.25, -0.2) is 9.55 Å². The highest BCUT2D eigenvalue weighted by Crippen LogP contribution is 2.24. The van der Waals surface area contributed by atoms with Crippen LogP contribution in [0.4, 0.5) is 5.82 Å². The third kappa shape index (κ3) is 2.48. The van der Waals surface area contributed by atoms with E-state index in [0.717, 1.165) is 0 Å². The summed E-state index contributed by atoms with van der Waals surface area (Å²) < 4.78 is 1.45. The lowest BCUT2D eigenvalue weighted by atomic mass is 9.90. The lowest BCUT2D eigenvalue weighted by molar-refractivity contribution is -0.391. The van der Waals surface area contributed by atoms with Gasteiger partial charge in [-0.3, -0.25) is 0 Å². The Labute approximate surface area is 104 Å². The molecule has 0 bridgehead atoms. The molecule has 2 rings (SSSR count). The van der Waals surface area contributed by atoms with Crippen molar-refractivity contribution in [1.82, 2.24) is 9.55 Å². The van der Waals surface area contributed by atoms with Gasteiger partial charge in [-0.2, -0.15) is 0 Å². The molecule has 0 aliphatic heterocycles. The molecular formula is C12H15N3O3. The molecule has 18 heavy (non-hydrogen) atoms. The van der Waals surface area contributed by atoms with Crippen LogP contribution in [0.15, 0.2) is 30.5 Å². The van der Waals surface area contributed by atoms with Crippen molar-refractivity contribution in [2.75, 3.05) is 0 Å². The number of nitrogens with zero attached hydrogens (tertiary/aromatic N) is 3. The van der Waals surface area contributed by atoms with Gasteiger partial charge < -0.3 is 15.2 Å². The van der Waals surface area contributed by atoms with E-state index in [9.17, 15) is 15.2 Å². The number of imidazole rings is 1. The first-order valence-corrected chi connectivity index (χ1v) is 5.73. The monoisotopic (exact) mass is 249 g/mol. The van der Waals surface area contributed by atoms with Crippen LogP contribution < -0.4 is 0 Å². The molecule has 6 nitrogen and oxygen atoms in total. The van der Waals surface area contributed by atoms with Crippen LogP contribution in [0.5, 0.6) is 0 Å². The van der Waals surface area contributed by atoms with Gasteiger partial charge in [0.2, 0.25) is 0 Å². The van der Waals surface area contributed by atoms with Gasteiger partial charge in [-0.15, -0.1) is 0 Å². The molecule has 0 saturated heterocycles. The van der Waals surface area contributed by atoms with Crippen molar-refractivity contribution < 1.29 is 10.0 Å². The van der Waals surface area contributed by atoms with E-state index in [2.05, 4.69) is 4.98 Å². The Kier molecular flexibility index (Phi) is 3.29. The molecular weight excluding hydrogens is 234 g/mol. The number of rotatable bonds is 4. The Morgan fingerprint density at radius 2 is 2.39 bits per heavy atom. The SMILES string of the molecule is Cn1c([N+](=O)[O-])cnc1CCC1(O)C=CC=CC1. The van der Waals surface area contributed by atoms with Crippen molar-refractivity contribution in [3.63, 3.8) is 0 Å². The van der Waals surface area contributed by atoms with Crippen molar-refractivity contribution in [1.29, 1.82) is 0 Å². The Hall–Kier alpha value is -1.95.